The first-order valence-electron chi connectivity index (χ1n) is 10.9. The molecule has 0 spiro atoms. The van der Waals surface area contributed by atoms with E-state index < -0.39 is 5.66 Å². The fourth-order valence-electron chi connectivity index (χ4n) is 5.15. The van der Waals surface area contributed by atoms with E-state index in [1.54, 1.807) is 47.3 Å². The molecule has 168 valence electrons. The topological polar surface area (TPSA) is 79.5 Å². The maximum absolute atomic E-state index is 14.3. The Hall–Kier alpha value is -3.97. The number of aromatic nitrogens is 2. The third-order valence-corrected chi connectivity index (χ3v) is 6.86. The van der Waals surface area contributed by atoms with Gasteiger partial charge in [0.1, 0.15) is 5.56 Å². The molecule has 2 aliphatic rings. The van der Waals surface area contributed by atoms with Gasteiger partial charge in [-0.15, -0.1) is 0 Å². The molecule has 8 heteroatoms. The van der Waals surface area contributed by atoms with Crippen LogP contribution < -0.4 is 0 Å². The number of nitrogens with zero attached hydrogens (tertiary/aromatic N) is 4. The molecule has 6 rings (SSSR count). The zero-order chi connectivity index (χ0) is 23.4. The van der Waals surface area contributed by atoms with Crippen LogP contribution in [-0.4, -0.2) is 44.8 Å². The van der Waals surface area contributed by atoms with E-state index in [-0.39, 0.29) is 11.8 Å². The van der Waals surface area contributed by atoms with Gasteiger partial charge in [0.15, 0.2) is 11.4 Å². The summed E-state index contributed by atoms with van der Waals surface area (Å²) in [7, 11) is 0. The predicted molar refractivity (Wildman–Crippen MR) is 125 cm³/mol. The molecule has 2 aliphatic heterocycles. The number of benzene rings is 2. The van der Waals surface area contributed by atoms with Crippen LogP contribution in [0.25, 0.3) is 11.3 Å². The van der Waals surface area contributed by atoms with E-state index in [0.717, 1.165) is 11.1 Å². The van der Waals surface area contributed by atoms with Crippen molar-refractivity contribution in [2.24, 2.45) is 0 Å². The summed E-state index contributed by atoms with van der Waals surface area (Å²) in [6.07, 6.45) is 3.27. The Kier molecular flexibility index (Phi) is 4.57. The molecule has 1 unspecified atom stereocenters. The van der Waals surface area contributed by atoms with Crippen molar-refractivity contribution < 1.29 is 14.1 Å². The molecule has 2 aromatic heterocycles. The van der Waals surface area contributed by atoms with Crippen LogP contribution in [0.15, 0.2) is 77.6 Å². The summed E-state index contributed by atoms with van der Waals surface area (Å²) < 4.78 is 5.61. The molecule has 4 heterocycles. The monoisotopic (exact) mass is 470 g/mol. The molecule has 34 heavy (non-hydrogen) atoms. The van der Waals surface area contributed by atoms with Crippen LogP contribution in [0.3, 0.4) is 0 Å². The molecule has 0 radical (unpaired) electrons. The molecular weight excluding hydrogens is 452 g/mol. The number of halogens is 1. The Balaban J connectivity index is 1.57. The highest BCUT2D eigenvalue weighted by atomic mass is 35.5. The van der Waals surface area contributed by atoms with Gasteiger partial charge in [-0.25, -0.2) is 0 Å². The van der Waals surface area contributed by atoms with E-state index >= 15 is 0 Å². The highest BCUT2D eigenvalue weighted by Gasteiger charge is 2.60. The zero-order valence-corrected chi connectivity index (χ0v) is 19.0. The third kappa shape index (κ3) is 2.70. The molecule has 1 fully saturated rings. The van der Waals surface area contributed by atoms with E-state index in [9.17, 15) is 9.59 Å². The second-order valence-electron chi connectivity index (χ2n) is 8.35. The third-order valence-electron chi connectivity index (χ3n) is 6.61. The van der Waals surface area contributed by atoms with Crippen LogP contribution in [0.1, 0.15) is 37.5 Å². The molecule has 7 nitrogen and oxygen atoms in total. The Bertz CT molecular complexity index is 1430. The minimum atomic E-state index is -1.14. The van der Waals surface area contributed by atoms with Crippen molar-refractivity contribution in [2.45, 2.75) is 12.6 Å². The summed E-state index contributed by atoms with van der Waals surface area (Å²) in [6, 6.07) is 18.4. The zero-order valence-electron chi connectivity index (χ0n) is 18.2. The van der Waals surface area contributed by atoms with Gasteiger partial charge >= 0.3 is 0 Å². The fourth-order valence-corrected chi connectivity index (χ4v) is 5.28. The summed E-state index contributed by atoms with van der Waals surface area (Å²) in [5.74, 6) is 0.0102. The largest absolute Gasteiger partial charge is 0.355 e. The van der Waals surface area contributed by atoms with Crippen LogP contribution in [0, 0.1) is 6.92 Å². The molecule has 4 aromatic rings. The first kappa shape index (κ1) is 20.6. The molecule has 2 aromatic carbocycles. The van der Waals surface area contributed by atoms with Crippen molar-refractivity contribution in [3.63, 3.8) is 0 Å². The molecule has 0 bridgehead atoms. The van der Waals surface area contributed by atoms with Crippen molar-refractivity contribution in [1.82, 2.24) is 19.9 Å². The van der Waals surface area contributed by atoms with Crippen LogP contribution >= 0.6 is 11.6 Å². The van der Waals surface area contributed by atoms with Crippen LogP contribution in [0.5, 0.6) is 0 Å². The second kappa shape index (κ2) is 7.53. The highest BCUT2D eigenvalue weighted by molar-refractivity contribution is 6.30. The summed E-state index contributed by atoms with van der Waals surface area (Å²) in [5.41, 5.74) is 2.46. The fraction of sp³-hybridized carbons (Fsp3) is 0.154. The van der Waals surface area contributed by atoms with Gasteiger partial charge in [-0.05, 0) is 25.1 Å². The Morgan fingerprint density at radius 3 is 2.59 bits per heavy atom. The summed E-state index contributed by atoms with van der Waals surface area (Å²) in [5, 5.41) is 4.67. The number of hydrogen-bond donors (Lipinski definition) is 0. The van der Waals surface area contributed by atoms with Crippen molar-refractivity contribution in [3.05, 3.63) is 106 Å². The van der Waals surface area contributed by atoms with Gasteiger partial charge in [0, 0.05) is 47.2 Å². The molecule has 2 amide bonds. The number of pyridine rings is 1. The molecule has 0 saturated carbocycles. The minimum Gasteiger partial charge on any atom is -0.355 e. The first-order chi connectivity index (χ1) is 16.5. The number of amides is 2. The van der Waals surface area contributed by atoms with Crippen molar-refractivity contribution in [2.75, 3.05) is 13.1 Å². The molecule has 0 aliphatic carbocycles. The van der Waals surface area contributed by atoms with Gasteiger partial charge in [-0.1, -0.05) is 59.2 Å². The maximum atomic E-state index is 14.3. The van der Waals surface area contributed by atoms with E-state index in [4.69, 9.17) is 16.1 Å². The Morgan fingerprint density at radius 1 is 1.06 bits per heavy atom. The molecule has 1 saturated heterocycles. The second-order valence-corrected chi connectivity index (χ2v) is 8.79. The maximum Gasteiger partial charge on any atom is 0.262 e. The van der Waals surface area contributed by atoms with E-state index in [0.29, 0.717) is 46.3 Å². The van der Waals surface area contributed by atoms with Gasteiger partial charge in [-0.3, -0.25) is 14.6 Å². The highest BCUT2D eigenvalue weighted by Crippen LogP contribution is 2.50. The molecular formula is C26H19ClN4O3. The number of carbonyl (C=O) groups excluding carboxylic acids is 2. The lowest BCUT2D eigenvalue weighted by Gasteiger charge is -2.40. The standard InChI is InChI=1S/C26H19ClN4O3/c1-16-22(23(34-29-16)17-5-3-2-4-6-17)25(33)31-14-13-30-24(32)20-11-12-28-15-21(20)26(30,31)18-7-9-19(27)10-8-18/h2-12,15H,13-14H2,1H3. The lowest BCUT2D eigenvalue weighted by Crippen LogP contribution is -2.51. The van der Waals surface area contributed by atoms with E-state index in [2.05, 4.69) is 10.1 Å². The summed E-state index contributed by atoms with van der Waals surface area (Å²) in [4.78, 5) is 35.5. The van der Waals surface area contributed by atoms with Crippen LogP contribution in [0.2, 0.25) is 5.02 Å². The van der Waals surface area contributed by atoms with Crippen molar-refractivity contribution in [3.8, 4) is 11.3 Å². The summed E-state index contributed by atoms with van der Waals surface area (Å²) in [6.45, 7) is 2.48. The quantitative estimate of drug-likeness (QED) is 0.440. The normalized spacial score (nSPS) is 18.8. The van der Waals surface area contributed by atoms with Gasteiger partial charge in [-0.2, -0.15) is 0 Å². The number of fused-ring (bicyclic) bond motifs is 3. The van der Waals surface area contributed by atoms with Gasteiger partial charge in [0.25, 0.3) is 11.8 Å². The smallest absolute Gasteiger partial charge is 0.262 e. The van der Waals surface area contributed by atoms with Crippen molar-refractivity contribution >= 4 is 23.4 Å². The van der Waals surface area contributed by atoms with Crippen LogP contribution in [0.4, 0.5) is 0 Å². The lowest BCUT2D eigenvalue weighted by atomic mass is 9.90. The Morgan fingerprint density at radius 2 is 1.82 bits per heavy atom. The number of rotatable bonds is 3. The number of aryl methyl sites for hydroxylation is 1. The average Bonchev–Trinajstić information content (AvgIpc) is 3.52. The predicted octanol–water partition coefficient (Wildman–Crippen LogP) is 4.51. The molecule has 0 N–H and O–H groups in total. The number of carbonyl (C=O) groups is 2. The Labute approximate surface area is 200 Å². The first-order valence-corrected chi connectivity index (χ1v) is 11.3. The van der Waals surface area contributed by atoms with E-state index in [1.165, 1.54) is 0 Å². The van der Waals surface area contributed by atoms with E-state index in [1.807, 2.05) is 42.5 Å². The van der Waals surface area contributed by atoms with Gasteiger partial charge < -0.3 is 14.3 Å². The lowest BCUT2D eigenvalue weighted by molar-refractivity contribution is 0.0374. The van der Waals surface area contributed by atoms with Crippen LogP contribution in [-0.2, 0) is 5.66 Å². The van der Waals surface area contributed by atoms with Gasteiger partial charge in [0.2, 0.25) is 0 Å². The molecule has 1 atom stereocenters. The minimum absolute atomic E-state index is 0.132. The summed E-state index contributed by atoms with van der Waals surface area (Å²) >= 11 is 6.18. The average molecular weight is 471 g/mol. The SMILES string of the molecule is Cc1noc(-c2ccccc2)c1C(=O)N1CCN2C(=O)c3ccncc3C21c1ccc(Cl)cc1. The van der Waals surface area contributed by atoms with Gasteiger partial charge in [0.05, 0.1) is 11.3 Å². The number of hydrogen-bond acceptors (Lipinski definition) is 5. The van der Waals surface area contributed by atoms with Crippen molar-refractivity contribution in [1.29, 1.82) is 0 Å².